The fourth-order valence-corrected chi connectivity index (χ4v) is 1.75. The molecule has 2 aromatic rings. The third kappa shape index (κ3) is 4.61. The molecule has 0 bridgehead atoms. The van der Waals surface area contributed by atoms with Crippen LogP contribution in [0.4, 0.5) is 0 Å². The maximum absolute atomic E-state index is 11.5. The molecule has 2 aromatic carbocycles. The SMILES string of the molecule is O=C(C=Cc1cccc(O)c1)OCCc1ccccc1. The van der Waals surface area contributed by atoms with E-state index in [9.17, 15) is 9.90 Å². The van der Waals surface area contributed by atoms with Crippen molar-refractivity contribution in [1.82, 2.24) is 0 Å². The summed E-state index contributed by atoms with van der Waals surface area (Å²) in [5, 5.41) is 9.30. The van der Waals surface area contributed by atoms with Crippen LogP contribution in [-0.2, 0) is 16.0 Å². The average Bonchev–Trinajstić information content (AvgIpc) is 2.46. The molecule has 3 heteroatoms. The first-order chi connectivity index (χ1) is 9.74. The molecule has 0 atom stereocenters. The molecule has 0 saturated carbocycles. The highest BCUT2D eigenvalue weighted by atomic mass is 16.5. The number of carbonyl (C=O) groups excluding carboxylic acids is 1. The van der Waals surface area contributed by atoms with Crippen LogP contribution in [0, 0.1) is 0 Å². The summed E-state index contributed by atoms with van der Waals surface area (Å²) in [5.74, 6) is -0.214. The number of ether oxygens (including phenoxy) is 1. The van der Waals surface area contributed by atoms with Crippen LogP contribution in [0.2, 0.25) is 0 Å². The summed E-state index contributed by atoms with van der Waals surface area (Å²) >= 11 is 0. The van der Waals surface area contributed by atoms with Crippen molar-refractivity contribution in [3.63, 3.8) is 0 Å². The lowest BCUT2D eigenvalue weighted by Gasteiger charge is -2.02. The first-order valence-electron chi connectivity index (χ1n) is 6.42. The maximum atomic E-state index is 11.5. The van der Waals surface area contributed by atoms with Gasteiger partial charge in [0.15, 0.2) is 0 Å². The summed E-state index contributed by atoms with van der Waals surface area (Å²) in [4.78, 5) is 11.5. The van der Waals surface area contributed by atoms with Crippen LogP contribution in [0.15, 0.2) is 60.7 Å². The molecule has 102 valence electrons. The molecule has 2 rings (SSSR count). The molecule has 0 saturated heterocycles. The first-order valence-corrected chi connectivity index (χ1v) is 6.42. The Balaban J connectivity index is 1.78. The molecule has 0 fully saturated rings. The van der Waals surface area contributed by atoms with Gasteiger partial charge in [-0.1, -0.05) is 42.5 Å². The van der Waals surface area contributed by atoms with Crippen molar-refractivity contribution >= 4 is 12.0 Å². The van der Waals surface area contributed by atoms with Crippen molar-refractivity contribution in [3.05, 3.63) is 71.8 Å². The number of benzene rings is 2. The van der Waals surface area contributed by atoms with Crippen LogP contribution in [-0.4, -0.2) is 17.7 Å². The van der Waals surface area contributed by atoms with Crippen LogP contribution >= 0.6 is 0 Å². The largest absolute Gasteiger partial charge is 0.508 e. The number of hydrogen-bond acceptors (Lipinski definition) is 3. The molecule has 0 amide bonds. The smallest absolute Gasteiger partial charge is 0.330 e. The van der Waals surface area contributed by atoms with Gasteiger partial charge in [-0.2, -0.15) is 0 Å². The van der Waals surface area contributed by atoms with Crippen LogP contribution in [0.3, 0.4) is 0 Å². The number of hydrogen-bond donors (Lipinski definition) is 1. The minimum Gasteiger partial charge on any atom is -0.508 e. The number of phenolic OH excluding ortho intramolecular Hbond substituents is 1. The average molecular weight is 268 g/mol. The highest BCUT2D eigenvalue weighted by Crippen LogP contribution is 2.12. The van der Waals surface area contributed by atoms with Crippen molar-refractivity contribution < 1.29 is 14.6 Å². The topological polar surface area (TPSA) is 46.5 Å². The normalized spacial score (nSPS) is 10.6. The molecule has 0 aliphatic heterocycles. The highest BCUT2D eigenvalue weighted by molar-refractivity contribution is 5.87. The molecule has 0 aliphatic rings. The Labute approximate surface area is 118 Å². The van der Waals surface area contributed by atoms with E-state index in [1.807, 2.05) is 30.3 Å². The van der Waals surface area contributed by atoms with Gasteiger partial charge in [0, 0.05) is 12.5 Å². The maximum Gasteiger partial charge on any atom is 0.330 e. The number of carbonyl (C=O) groups is 1. The van der Waals surface area contributed by atoms with Gasteiger partial charge in [-0.3, -0.25) is 0 Å². The van der Waals surface area contributed by atoms with Gasteiger partial charge in [-0.25, -0.2) is 4.79 Å². The highest BCUT2D eigenvalue weighted by Gasteiger charge is 1.98. The fraction of sp³-hybridized carbons (Fsp3) is 0.118. The Hall–Kier alpha value is -2.55. The lowest BCUT2D eigenvalue weighted by atomic mass is 10.2. The summed E-state index contributed by atoms with van der Waals surface area (Å²) in [6, 6.07) is 16.5. The van der Waals surface area contributed by atoms with Crippen LogP contribution < -0.4 is 0 Å². The van der Waals surface area contributed by atoms with Crippen LogP contribution in [0.25, 0.3) is 6.08 Å². The third-order valence-electron chi connectivity index (χ3n) is 2.76. The van der Waals surface area contributed by atoms with Crippen molar-refractivity contribution in [2.24, 2.45) is 0 Å². The monoisotopic (exact) mass is 268 g/mol. The molecular formula is C17H16O3. The first kappa shape index (κ1) is 13.9. The Morgan fingerprint density at radius 3 is 2.65 bits per heavy atom. The standard InChI is InChI=1S/C17H16O3/c18-16-8-4-7-15(13-16)9-10-17(19)20-12-11-14-5-2-1-3-6-14/h1-10,13,18H,11-12H2. The van der Waals surface area contributed by atoms with Crippen molar-refractivity contribution in [3.8, 4) is 5.75 Å². The molecule has 20 heavy (non-hydrogen) atoms. The molecule has 1 N–H and O–H groups in total. The van der Waals surface area contributed by atoms with Gasteiger partial charge in [0.25, 0.3) is 0 Å². The van der Waals surface area contributed by atoms with E-state index in [4.69, 9.17) is 4.74 Å². The molecule has 0 aromatic heterocycles. The molecule has 3 nitrogen and oxygen atoms in total. The second-order valence-corrected chi connectivity index (χ2v) is 4.33. The summed E-state index contributed by atoms with van der Waals surface area (Å²) in [7, 11) is 0. The lowest BCUT2D eigenvalue weighted by molar-refractivity contribution is -0.137. The number of esters is 1. The van der Waals surface area contributed by atoms with Crippen molar-refractivity contribution in [2.45, 2.75) is 6.42 Å². The summed E-state index contributed by atoms with van der Waals surface area (Å²) in [6.45, 7) is 0.354. The third-order valence-corrected chi connectivity index (χ3v) is 2.76. The van der Waals surface area contributed by atoms with E-state index in [-0.39, 0.29) is 11.7 Å². The predicted molar refractivity (Wildman–Crippen MR) is 78.2 cm³/mol. The van der Waals surface area contributed by atoms with Gasteiger partial charge in [-0.05, 0) is 29.3 Å². The number of phenols is 1. The van der Waals surface area contributed by atoms with E-state index >= 15 is 0 Å². The summed E-state index contributed by atoms with van der Waals surface area (Å²) in [5.41, 5.74) is 1.89. The quantitative estimate of drug-likeness (QED) is 0.669. The molecule has 0 spiro atoms. The van der Waals surface area contributed by atoms with E-state index < -0.39 is 0 Å². The van der Waals surface area contributed by atoms with E-state index in [0.717, 1.165) is 11.1 Å². The van der Waals surface area contributed by atoms with Gasteiger partial charge in [0.05, 0.1) is 6.61 Å². The Bertz CT molecular complexity index is 588. The van der Waals surface area contributed by atoms with E-state index in [1.54, 1.807) is 30.3 Å². The van der Waals surface area contributed by atoms with E-state index in [2.05, 4.69) is 0 Å². The second kappa shape index (κ2) is 7.14. The van der Waals surface area contributed by atoms with Gasteiger partial charge < -0.3 is 9.84 Å². The van der Waals surface area contributed by atoms with Crippen molar-refractivity contribution in [2.75, 3.05) is 6.61 Å². The van der Waals surface area contributed by atoms with Gasteiger partial charge >= 0.3 is 5.97 Å². The van der Waals surface area contributed by atoms with E-state index in [0.29, 0.717) is 13.0 Å². The van der Waals surface area contributed by atoms with E-state index in [1.165, 1.54) is 6.08 Å². The van der Waals surface area contributed by atoms with Crippen LogP contribution in [0.1, 0.15) is 11.1 Å². The molecule has 0 unspecified atom stereocenters. The molecular weight excluding hydrogens is 252 g/mol. The fourth-order valence-electron chi connectivity index (χ4n) is 1.75. The number of aromatic hydroxyl groups is 1. The lowest BCUT2D eigenvalue weighted by Crippen LogP contribution is -2.04. The van der Waals surface area contributed by atoms with Gasteiger partial charge in [-0.15, -0.1) is 0 Å². The summed E-state index contributed by atoms with van der Waals surface area (Å²) < 4.78 is 5.11. The van der Waals surface area contributed by atoms with Gasteiger partial charge in [0.1, 0.15) is 5.75 Å². The zero-order valence-electron chi connectivity index (χ0n) is 11.0. The molecule has 0 aliphatic carbocycles. The Morgan fingerprint density at radius 2 is 1.90 bits per heavy atom. The van der Waals surface area contributed by atoms with Gasteiger partial charge in [0.2, 0.25) is 0 Å². The summed E-state index contributed by atoms with van der Waals surface area (Å²) in [6.07, 6.45) is 3.68. The molecule has 0 heterocycles. The van der Waals surface area contributed by atoms with Crippen molar-refractivity contribution in [1.29, 1.82) is 0 Å². The van der Waals surface area contributed by atoms with Crippen LogP contribution in [0.5, 0.6) is 5.75 Å². The minimum absolute atomic E-state index is 0.171. The number of rotatable bonds is 5. The molecule has 0 radical (unpaired) electrons. The minimum atomic E-state index is -0.385. The Kier molecular flexibility index (Phi) is 4.95. The second-order valence-electron chi connectivity index (χ2n) is 4.33. The Morgan fingerprint density at radius 1 is 1.10 bits per heavy atom. The zero-order chi connectivity index (χ0) is 14.2. The zero-order valence-corrected chi connectivity index (χ0v) is 11.0. The predicted octanol–water partition coefficient (Wildman–Crippen LogP) is 3.19.